The van der Waals surface area contributed by atoms with Gasteiger partial charge < -0.3 is 9.73 Å². The Balaban J connectivity index is 1.73. The number of amides is 1. The van der Waals surface area contributed by atoms with E-state index < -0.39 is 10.8 Å². The second kappa shape index (κ2) is 7.94. The quantitative estimate of drug-likeness (QED) is 0.643. The van der Waals surface area contributed by atoms with Crippen LogP contribution in [-0.4, -0.2) is 35.4 Å². The van der Waals surface area contributed by atoms with Crippen molar-refractivity contribution in [1.29, 1.82) is 0 Å². The minimum Gasteiger partial charge on any atom is -0.468 e. The maximum absolute atomic E-state index is 12.5. The zero-order chi connectivity index (χ0) is 17.6. The first-order valence-corrected chi connectivity index (χ1v) is 8.46. The molecule has 0 spiro atoms. The lowest BCUT2D eigenvalue weighted by Gasteiger charge is -2.33. The van der Waals surface area contributed by atoms with Gasteiger partial charge in [-0.1, -0.05) is 18.6 Å². The molecule has 1 N–H and O–H groups in total. The van der Waals surface area contributed by atoms with Crippen molar-refractivity contribution in [3.63, 3.8) is 0 Å². The summed E-state index contributed by atoms with van der Waals surface area (Å²) in [7, 11) is 0. The number of hydrogen-bond acceptors (Lipinski definition) is 5. The number of benzene rings is 1. The van der Waals surface area contributed by atoms with Gasteiger partial charge in [0.25, 0.3) is 11.6 Å². The molecule has 0 bridgehead atoms. The van der Waals surface area contributed by atoms with Crippen molar-refractivity contribution in [2.24, 2.45) is 0 Å². The Kier molecular flexibility index (Phi) is 5.45. The number of furan rings is 1. The van der Waals surface area contributed by atoms with Gasteiger partial charge in [0.2, 0.25) is 0 Å². The number of piperidine rings is 1. The van der Waals surface area contributed by atoms with Crippen LogP contribution < -0.4 is 5.32 Å². The van der Waals surface area contributed by atoms with Crippen molar-refractivity contribution in [3.8, 4) is 0 Å². The van der Waals surface area contributed by atoms with Gasteiger partial charge in [-0.2, -0.15) is 0 Å². The Bertz CT molecular complexity index is 724. The Morgan fingerprint density at radius 1 is 1.20 bits per heavy atom. The number of carbonyl (C=O) groups excluding carboxylic acids is 1. The van der Waals surface area contributed by atoms with E-state index in [4.69, 9.17) is 4.42 Å². The zero-order valence-corrected chi connectivity index (χ0v) is 13.9. The summed E-state index contributed by atoms with van der Waals surface area (Å²) in [5, 5.41) is 13.9. The molecule has 1 aliphatic rings. The zero-order valence-electron chi connectivity index (χ0n) is 13.9. The monoisotopic (exact) mass is 343 g/mol. The van der Waals surface area contributed by atoms with E-state index in [1.807, 2.05) is 12.1 Å². The van der Waals surface area contributed by atoms with Gasteiger partial charge in [-0.25, -0.2) is 0 Å². The first-order valence-electron chi connectivity index (χ1n) is 8.46. The van der Waals surface area contributed by atoms with Crippen LogP contribution in [0.1, 0.15) is 41.4 Å². The standard InChI is InChI=1S/C18H21N3O4/c22-18(14-7-2-3-8-15(14)21(23)24)19-13-16(17-9-6-12-25-17)20-10-4-1-5-11-20/h2-3,6-9,12,16H,1,4-5,10-11,13H2,(H,19,22). The third-order valence-corrected chi connectivity index (χ3v) is 4.50. The summed E-state index contributed by atoms with van der Waals surface area (Å²) in [5.74, 6) is 0.352. The Labute approximate surface area is 145 Å². The molecule has 2 aromatic rings. The average molecular weight is 343 g/mol. The molecule has 1 aromatic heterocycles. The lowest BCUT2D eigenvalue weighted by molar-refractivity contribution is -0.385. The van der Waals surface area contributed by atoms with Crippen molar-refractivity contribution in [2.75, 3.05) is 19.6 Å². The van der Waals surface area contributed by atoms with E-state index >= 15 is 0 Å². The smallest absolute Gasteiger partial charge is 0.282 e. The van der Waals surface area contributed by atoms with Crippen LogP contribution in [0.15, 0.2) is 47.1 Å². The predicted octanol–water partition coefficient (Wildman–Crippen LogP) is 3.14. The third kappa shape index (κ3) is 4.06. The highest BCUT2D eigenvalue weighted by atomic mass is 16.6. The fourth-order valence-corrected chi connectivity index (χ4v) is 3.23. The van der Waals surface area contributed by atoms with Crippen molar-refractivity contribution in [2.45, 2.75) is 25.3 Å². The summed E-state index contributed by atoms with van der Waals surface area (Å²) < 4.78 is 5.55. The second-order valence-electron chi connectivity index (χ2n) is 6.11. The molecule has 25 heavy (non-hydrogen) atoms. The topological polar surface area (TPSA) is 88.6 Å². The molecular formula is C18H21N3O4. The van der Waals surface area contributed by atoms with Gasteiger partial charge in [0.15, 0.2) is 0 Å². The van der Waals surface area contributed by atoms with Crippen molar-refractivity contribution in [3.05, 3.63) is 64.1 Å². The summed E-state index contributed by atoms with van der Waals surface area (Å²) in [6.07, 6.45) is 5.07. The molecule has 1 saturated heterocycles. The Morgan fingerprint density at radius 2 is 1.96 bits per heavy atom. The van der Waals surface area contributed by atoms with E-state index in [2.05, 4.69) is 10.2 Å². The summed E-state index contributed by atoms with van der Waals surface area (Å²) in [4.78, 5) is 25.3. The van der Waals surface area contributed by atoms with Gasteiger partial charge in [0.1, 0.15) is 11.3 Å². The van der Waals surface area contributed by atoms with Crippen molar-refractivity contribution in [1.82, 2.24) is 10.2 Å². The van der Waals surface area contributed by atoms with E-state index in [-0.39, 0.29) is 17.3 Å². The molecule has 3 rings (SSSR count). The van der Waals surface area contributed by atoms with E-state index in [0.29, 0.717) is 6.54 Å². The highest BCUT2D eigenvalue weighted by molar-refractivity contribution is 5.98. The molecule has 7 heteroatoms. The van der Waals surface area contributed by atoms with Gasteiger partial charge in [-0.05, 0) is 44.1 Å². The molecule has 0 saturated carbocycles. The van der Waals surface area contributed by atoms with Gasteiger partial charge in [0, 0.05) is 12.6 Å². The van der Waals surface area contributed by atoms with Crippen LogP contribution >= 0.6 is 0 Å². The molecule has 1 aromatic carbocycles. The number of nitrogens with zero attached hydrogens (tertiary/aromatic N) is 2. The lowest BCUT2D eigenvalue weighted by atomic mass is 10.1. The summed E-state index contributed by atoms with van der Waals surface area (Å²) in [6.45, 7) is 2.25. The first kappa shape index (κ1) is 17.2. The SMILES string of the molecule is O=C(NCC(c1ccco1)N1CCCCC1)c1ccccc1[N+](=O)[O-]. The maximum atomic E-state index is 12.5. The van der Waals surface area contributed by atoms with Crippen LogP contribution in [0.3, 0.4) is 0 Å². The fraction of sp³-hybridized carbons (Fsp3) is 0.389. The number of rotatable bonds is 6. The number of nitro benzene ring substituents is 1. The Morgan fingerprint density at radius 3 is 2.64 bits per heavy atom. The number of nitro groups is 1. The number of nitrogens with one attached hydrogen (secondary N) is 1. The van der Waals surface area contributed by atoms with Gasteiger partial charge in [0.05, 0.1) is 17.2 Å². The third-order valence-electron chi connectivity index (χ3n) is 4.50. The molecule has 1 amide bonds. The average Bonchev–Trinajstić information content (AvgIpc) is 3.17. The normalized spacial score (nSPS) is 16.3. The van der Waals surface area contributed by atoms with Gasteiger partial charge in [-0.15, -0.1) is 0 Å². The van der Waals surface area contributed by atoms with Crippen molar-refractivity contribution >= 4 is 11.6 Å². The number of para-hydroxylation sites is 1. The molecule has 7 nitrogen and oxygen atoms in total. The number of carbonyl (C=O) groups is 1. The predicted molar refractivity (Wildman–Crippen MR) is 92.3 cm³/mol. The molecular weight excluding hydrogens is 322 g/mol. The van der Waals surface area contributed by atoms with E-state index in [1.165, 1.54) is 18.6 Å². The minimum atomic E-state index is -0.538. The lowest BCUT2D eigenvalue weighted by Crippen LogP contribution is -2.40. The molecule has 1 fully saturated rings. The van der Waals surface area contributed by atoms with Crippen LogP contribution in [0.5, 0.6) is 0 Å². The largest absolute Gasteiger partial charge is 0.468 e. The number of hydrogen-bond donors (Lipinski definition) is 1. The molecule has 1 unspecified atom stereocenters. The van der Waals surface area contributed by atoms with Crippen LogP contribution in [0.4, 0.5) is 5.69 Å². The summed E-state index contributed by atoms with van der Waals surface area (Å²) in [6, 6.07) is 9.64. The van der Waals surface area contributed by atoms with Gasteiger partial charge in [-0.3, -0.25) is 19.8 Å². The number of likely N-dealkylation sites (tertiary alicyclic amines) is 1. The van der Waals surface area contributed by atoms with E-state index in [0.717, 1.165) is 31.7 Å². The van der Waals surface area contributed by atoms with Crippen LogP contribution in [-0.2, 0) is 0 Å². The molecule has 132 valence electrons. The summed E-state index contributed by atoms with van der Waals surface area (Å²) >= 11 is 0. The van der Waals surface area contributed by atoms with Crippen LogP contribution in [0, 0.1) is 10.1 Å². The van der Waals surface area contributed by atoms with Crippen LogP contribution in [0.25, 0.3) is 0 Å². The van der Waals surface area contributed by atoms with E-state index in [9.17, 15) is 14.9 Å². The highest BCUT2D eigenvalue weighted by Gasteiger charge is 2.26. The summed E-state index contributed by atoms with van der Waals surface area (Å²) in [5.41, 5.74) is -0.114. The van der Waals surface area contributed by atoms with Crippen LogP contribution in [0.2, 0.25) is 0 Å². The minimum absolute atomic E-state index is 0.0676. The fourth-order valence-electron chi connectivity index (χ4n) is 3.23. The molecule has 0 aliphatic carbocycles. The Hall–Kier alpha value is -2.67. The highest BCUT2D eigenvalue weighted by Crippen LogP contribution is 2.25. The second-order valence-corrected chi connectivity index (χ2v) is 6.11. The molecule has 2 heterocycles. The maximum Gasteiger partial charge on any atom is 0.282 e. The van der Waals surface area contributed by atoms with Crippen molar-refractivity contribution < 1.29 is 14.1 Å². The molecule has 1 atom stereocenters. The van der Waals surface area contributed by atoms with E-state index in [1.54, 1.807) is 18.4 Å². The first-order chi connectivity index (χ1) is 12.2. The molecule has 1 aliphatic heterocycles. The molecule has 0 radical (unpaired) electrons. The van der Waals surface area contributed by atoms with Gasteiger partial charge >= 0.3 is 0 Å².